The molecule has 0 aliphatic carbocycles. The second kappa shape index (κ2) is 4.70. The Morgan fingerprint density at radius 2 is 1.86 bits per heavy atom. The molecule has 0 aromatic heterocycles. The summed E-state index contributed by atoms with van der Waals surface area (Å²) in [5.74, 6) is 0.0279. The van der Waals surface area contributed by atoms with E-state index in [4.69, 9.17) is 5.41 Å². The second-order valence-corrected chi connectivity index (χ2v) is 3.43. The molecule has 0 bridgehead atoms. The van der Waals surface area contributed by atoms with Crippen molar-refractivity contribution in [2.24, 2.45) is 0 Å². The van der Waals surface area contributed by atoms with E-state index in [0.717, 1.165) is 6.42 Å². The molecule has 1 rings (SSSR count). The summed E-state index contributed by atoms with van der Waals surface area (Å²) in [6.45, 7) is 3.73. The van der Waals surface area contributed by atoms with E-state index in [1.807, 2.05) is 24.3 Å². The van der Waals surface area contributed by atoms with E-state index >= 15 is 0 Å². The van der Waals surface area contributed by atoms with Crippen LogP contribution in [0.1, 0.15) is 36.2 Å². The van der Waals surface area contributed by atoms with Gasteiger partial charge in [0.05, 0.1) is 0 Å². The van der Waals surface area contributed by atoms with Crippen LogP contribution in [0, 0.1) is 5.41 Å². The zero-order valence-corrected chi connectivity index (χ0v) is 8.63. The molecule has 0 spiro atoms. The van der Waals surface area contributed by atoms with Crippen molar-refractivity contribution in [2.75, 3.05) is 0 Å². The van der Waals surface area contributed by atoms with Gasteiger partial charge in [0.2, 0.25) is 0 Å². The summed E-state index contributed by atoms with van der Waals surface area (Å²) in [4.78, 5) is 11.5. The summed E-state index contributed by atoms with van der Waals surface area (Å²) < 4.78 is 0. The Morgan fingerprint density at radius 1 is 1.29 bits per heavy atom. The Kier molecular flexibility index (Phi) is 3.57. The molecule has 0 unspecified atom stereocenters. The van der Waals surface area contributed by atoms with E-state index in [9.17, 15) is 4.79 Å². The zero-order valence-electron chi connectivity index (χ0n) is 8.63. The minimum atomic E-state index is 0.0279. The molecule has 1 N–H and O–H groups in total. The molecule has 0 aliphatic heterocycles. The standard InChI is InChI=1S/C12H15NO/c1-3-10-4-6-11(7-5-10)12(14)8-9(2)13/h4-7,13H,3,8H2,1-2H3. The van der Waals surface area contributed by atoms with Gasteiger partial charge in [0.1, 0.15) is 0 Å². The number of carbonyl (C=O) groups is 1. The van der Waals surface area contributed by atoms with Gasteiger partial charge < -0.3 is 5.41 Å². The summed E-state index contributed by atoms with van der Waals surface area (Å²) in [5.41, 5.74) is 2.34. The number of ketones is 1. The van der Waals surface area contributed by atoms with Crippen LogP contribution in [0.5, 0.6) is 0 Å². The van der Waals surface area contributed by atoms with Crippen molar-refractivity contribution < 1.29 is 4.79 Å². The molecule has 0 heterocycles. The first kappa shape index (κ1) is 10.6. The van der Waals surface area contributed by atoms with Crippen LogP contribution in [0.4, 0.5) is 0 Å². The van der Waals surface area contributed by atoms with Crippen molar-refractivity contribution in [3.63, 3.8) is 0 Å². The highest BCUT2D eigenvalue weighted by Crippen LogP contribution is 2.07. The van der Waals surface area contributed by atoms with E-state index in [-0.39, 0.29) is 12.2 Å². The van der Waals surface area contributed by atoms with Gasteiger partial charge in [-0.05, 0) is 18.9 Å². The molecule has 1 aromatic carbocycles. The number of hydrogen-bond acceptors (Lipinski definition) is 2. The molecule has 0 amide bonds. The fourth-order valence-electron chi connectivity index (χ4n) is 1.27. The highest BCUT2D eigenvalue weighted by molar-refractivity contribution is 6.08. The SMILES string of the molecule is CCc1ccc(C(=O)CC(C)=N)cc1. The molecular formula is C12H15NO. The first-order valence-electron chi connectivity index (χ1n) is 4.79. The molecule has 0 radical (unpaired) electrons. The van der Waals surface area contributed by atoms with Crippen LogP contribution in [0.3, 0.4) is 0 Å². The van der Waals surface area contributed by atoms with Crippen LogP contribution < -0.4 is 0 Å². The number of hydrogen-bond donors (Lipinski definition) is 1. The lowest BCUT2D eigenvalue weighted by atomic mass is 10.0. The molecule has 0 atom stereocenters. The average molecular weight is 189 g/mol. The van der Waals surface area contributed by atoms with Gasteiger partial charge >= 0.3 is 0 Å². The highest BCUT2D eigenvalue weighted by Gasteiger charge is 2.05. The average Bonchev–Trinajstić information content (AvgIpc) is 2.17. The maximum absolute atomic E-state index is 11.5. The Bertz CT molecular complexity index is 338. The highest BCUT2D eigenvalue weighted by atomic mass is 16.1. The van der Waals surface area contributed by atoms with Crippen molar-refractivity contribution in [1.82, 2.24) is 0 Å². The van der Waals surface area contributed by atoms with Gasteiger partial charge in [0.25, 0.3) is 0 Å². The Balaban J connectivity index is 2.76. The van der Waals surface area contributed by atoms with Crippen LogP contribution in [0.25, 0.3) is 0 Å². The summed E-state index contributed by atoms with van der Waals surface area (Å²) in [5, 5.41) is 7.23. The molecule has 1 aromatic rings. The fraction of sp³-hybridized carbons (Fsp3) is 0.333. The van der Waals surface area contributed by atoms with Gasteiger partial charge in [0, 0.05) is 17.7 Å². The molecule has 14 heavy (non-hydrogen) atoms. The largest absolute Gasteiger partial charge is 0.310 e. The minimum absolute atomic E-state index is 0.0279. The maximum Gasteiger partial charge on any atom is 0.168 e. The van der Waals surface area contributed by atoms with Gasteiger partial charge in [-0.3, -0.25) is 4.79 Å². The normalized spacial score (nSPS) is 9.86. The van der Waals surface area contributed by atoms with Crippen LogP contribution in [-0.2, 0) is 6.42 Å². The van der Waals surface area contributed by atoms with Crippen molar-refractivity contribution in [3.05, 3.63) is 35.4 Å². The molecule has 2 nitrogen and oxygen atoms in total. The second-order valence-electron chi connectivity index (χ2n) is 3.43. The molecular weight excluding hydrogens is 174 g/mol. The number of carbonyl (C=O) groups excluding carboxylic acids is 1. The summed E-state index contributed by atoms with van der Waals surface area (Å²) in [7, 11) is 0. The molecule has 0 aliphatic rings. The van der Waals surface area contributed by atoms with E-state index in [2.05, 4.69) is 6.92 Å². The lowest BCUT2D eigenvalue weighted by molar-refractivity contribution is 0.100. The topological polar surface area (TPSA) is 40.9 Å². The number of aryl methyl sites for hydroxylation is 1. The van der Waals surface area contributed by atoms with Crippen LogP contribution in [-0.4, -0.2) is 11.5 Å². The fourth-order valence-corrected chi connectivity index (χ4v) is 1.27. The first-order valence-corrected chi connectivity index (χ1v) is 4.79. The summed E-state index contributed by atoms with van der Waals surface area (Å²) >= 11 is 0. The Labute approximate surface area is 84.5 Å². The minimum Gasteiger partial charge on any atom is -0.310 e. The van der Waals surface area contributed by atoms with Gasteiger partial charge in [-0.2, -0.15) is 0 Å². The van der Waals surface area contributed by atoms with Crippen LogP contribution >= 0.6 is 0 Å². The molecule has 2 heteroatoms. The molecule has 74 valence electrons. The van der Waals surface area contributed by atoms with Crippen molar-refractivity contribution in [2.45, 2.75) is 26.7 Å². The predicted molar refractivity (Wildman–Crippen MR) is 58.2 cm³/mol. The Morgan fingerprint density at radius 3 is 2.29 bits per heavy atom. The maximum atomic E-state index is 11.5. The van der Waals surface area contributed by atoms with Gasteiger partial charge in [-0.1, -0.05) is 31.2 Å². The monoisotopic (exact) mass is 189 g/mol. The summed E-state index contributed by atoms with van der Waals surface area (Å²) in [6.07, 6.45) is 1.21. The van der Waals surface area contributed by atoms with E-state index in [0.29, 0.717) is 11.3 Å². The zero-order chi connectivity index (χ0) is 10.6. The third-order valence-corrected chi connectivity index (χ3v) is 2.11. The van der Waals surface area contributed by atoms with Gasteiger partial charge in [-0.15, -0.1) is 0 Å². The van der Waals surface area contributed by atoms with E-state index < -0.39 is 0 Å². The smallest absolute Gasteiger partial charge is 0.168 e. The third kappa shape index (κ3) is 2.80. The number of benzene rings is 1. The van der Waals surface area contributed by atoms with Crippen LogP contribution in [0.2, 0.25) is 0 Å². The van der Waals surface area contributed by atoms with E-state index in [1.54, 1.807) is 6.92 Å². The van der Waals surface area contributed by atoms with E-state index in [1.165, 1.54) is 5.56 Å². The molecule has 0 saturated heterocycles. The van der Waals surface area contributed by atoms with Crippen molar-refractivity contribution >= 4 is 11.5 Å². The molecule has 0 fully saturated rings. The van der Waals surface area contributed by atoms with Crippen molar-refractivity contribution in [1.29, 1.82) is 5.41 Å². The van der Waals surface area contributed by atoms with Crippen molar-refractivity contribution in [3.8, 4) is 0 Å². The van der Waals surface area contributed by atoms with Gasteiger partial charge in [0.15, 0.2) is 5.78 Å². The van der Waals surface area contributed by atoms with Crippen LogP contribution in [0.15, 0.2) is 24.3 Å². The summed E-state index contributed by atoms with van der Waals surface area (Å²) in [6, 6.07) is 7.60. The first-order chi connectivity index (χ1) is 6.63. The number of rotatable bonds is 4. The molecule has 0 saturated carbocycles. The quantitative estimate of drug-likeness (QED) is 0.574. The number of Topliss-reactive ketones (excluding diaryl/α,β-unsaturated/α-hetero) is 1. The lowest BCUT2D eigenvalue weighted by Crippen LogP contribution is -2.04. The number of nitrogens with one attached hydrogen (secondary N) is 1. The Hall–Kier alpha value is -1.44. The van der Waals surface area contributed by atoms with Gasteiger partial charge in [-0.25, -0.2) is 0 Å². The third-order valence-electron chi connectivity index (χ3n) is 2.11. The lowest BCUT2D eigenvalue weighted by Gasteiger charge is -2.01. The predicted octanol–water partition coefficient (Wildman–Crippen LogP) is 2.86.